The fraction of sp³-hybridized carbons (Fsp3) is 0.750. The van der Waals surface area contributed by atoms with E-state index in [-0.39, 0.29) is 6.10 Å². The minimum absolute atomic E-state index is 0.0350. The van der Waals surface area contributed by atoms with E-state index in [9.17, 15) is 0 Å². The second-order valence-corrected chi connectivity index (χ2v) is 5.62. The normalized spacial score (nSPS) is 16.4. The number of hydrogen-bond donors (Lipinski definition) is 1. The van der Waals surface area contributed by atoms with Crippen molar-refractivity contribution in [1.29, 1.82) is 0 Å². The standard InChI is InChI=1S/C16H27N3O/c1-5-7-15(20-6-2)16-18-11(3)14(12(4)19-16)10-17-13-8-9-13/h13,15,17H,5-10H2,1-4H3. The summed E-state index contributed by atoms with van der Waals surface area (Å²) in [5, 5.41) is 3.54. The fourth-order valence-corrected chi connectivity index (χ4v) is 2.45. The lowest BCUT2D eigenvalue weighted by molar-refractivity contribution is 0.0491. The molecule has 1 heterocycles. The largest absolute Gasteiger partial charge is 0.371 e. The first kappa shape index (κ1) is 15.4. The van der Waals surface area contributed by atoms with Gasteiger partial charge in [-0.2, -0.15) is 0 Å². The van der Waals surface area contributed by atoms with Crippen LogP contribution in [-0.2, 0) is 11.3 Å². The fourth-order valence-electron chi connectivity index (χ4n) is 2.45. The number of nitrogens with one attached hydrogen (secondary N) is 1. The van der Waals surface area contributed by atoms with Gasteiger partial charge < -0.3 is 10.1 Å². The highest BCUT2D eigenvalue weighted by molar-refractivity contribution is 5.25. The molecule has 4 heteroatoms. The molecule has 1 aromatic rings. The molecule has 0 radical (unpaired) electrons. The second-order valence-electron chi connectivity index (χ2n) is 5.62. The zero-order chi connectivity index (χ0) is 14.5. The molecule has 0 aromatic carbocycles. The first-order valence-electron chi connectivity index (χ1n) is 7.84. The molecule has 4 nitrogen and oxygen atoms in total. The average molecular weight is 277 g/mol. The first-order chi connectivity index (χ1) is 9.65. The van der Waals surface area contributed by atoms with Gasteiger partial charge in [-0.3, -0.25) is 0 Å². The number of nitrogens with zero attached hydrogens (tertiary/aromatic N) is 2. The van der Waals surface area contributed by atoms with Gasteiger partial charge in [0.2, 0.25) is 0 Å². The molecule has 0 amide bonds. The van der Waals surface area contributed by atoms with Crippen molar-refractivity contribution >= 4 is 0 Å². The lowest BCUT2D eigenvalue weighted by Crippen LogP contribution is -2.19. The predicted octanol–water partition coefficient (Wildman–Crippen LogP) is 3.22. The molecule has 2 rings (SSSR count). The van der Waals surface area contributed by atoms with Crippen LogP contribution in [0.3, 0.4) is 0 Å². The maximum atomic E-state index is 5.79. The van der Waals surface area contributed by atoms with Crippen LogP contribution in [0, 0.1) is 13.8 Å². The molecule has 1 aliphatic rings. The molecular formula is C16H27N3O. The third-order valence-electron chi connectivity index (χ3n) is 3.79. The molecule has 1 unspecified atom stereocenters. The van der Waals surface area contributed by atoms with Crippen molar-refractivity contribution in [3.05, 3.63) is 22.8 Å². The van der Waals surface area contributed by atoms with E-state index in [1.165, 1.54) is 18.4 Å². The summed E-state index contributed by atoms with van der Waals surface area (Å²) in [4.78, 5) is 9.39. The Kier molecular flexibility index (Phi) is 5.49. The van der Waals surface area contributed by atoms with E-state index in [0.717, 1.165) is 36.6 Å². The Labute approximate surface area is 122 Å². The zero-order valence-corrected chi connectivity index (χ0v) is 13.2. The topological polar surface area (TPSA) is 47.0 Å². The summed E-state index contributed by atoms with van der Waals surface area (Å²) in [6.45, 7) is 9.94. The summed E-state index contributed by atoms with van der Waals surface area (Å²) in [5.41, 5.74) is 3.41. The first-order valence-corrected chi connectivity index (χ1v) is 7.84. The van der Waals surface area contributed by atoms with Crippen LogP contribution in [-0.4, -0.2) is 22.6 Å². The number of ether oxygens (including phenoxy) is 1. The molecule has 1 saturated carbocycles. The van der Waals surface area contributed by atoms with Gasteiger partial charge in [-0.15, -0.1) is 0 Å². The molecular weight excluding hydrogens is 250 g/mol. The smallest absolute Gasteiger partial charge is 0.157 e. The van der Waals surface area contributed by atoms with E-state index < -0.39 is 0 Å². The summed E-state index contributed by atoms with van der Waals surface area (Å²) >= 11 is 0. The van der Waals surface area contributed by atoms with Gasteiger partial charge in [-0.05, 0) is 40.0 Å². The Bertz CT molecular complexity index is 414. The van der Waals surface area contributed by atoms with Crippen LogP contribution in [0.5, 0.6) is 0 Å². The summed E-state index contributed by atoms with van der Waals surface area (Å²) in [5.74, 6) is 0.846. The summed E-state index contributed by atoms with van der Waals surface area (Å²) < 4.78 is 5.79. The maximum absolute atomic E-state index is 5.79. The zero-order valence-electron chi connectivity index (χ0n) is 13.2. The van der Waals surface area contributed by atoms with Crippen molar-refractivity contribution in [2.45, 2.75) is 72.1 Å². The van der Waals surface area contributed by atoms with Crippen molar-refractivity contribution in [3.63, 3.8) is 0 Å². The molecule has 1 fully saturated rings. The van der Waals surface area contributed by atoms with Gasteiger partial charge in [0.05, 0.1) is 0 Å². The van der Waals surface area contributed by atoms with Crippen molar-refractivity contribution in [3.8, 4) is 0 Å². The molecule has 112 valence electrons. The lowest BCUT2D eigenvalue weighted by Gasteiger charge is -2.18. The third-order valence-corrected chi connectivity index (χ3v) is 3.79. The minimum atomic E-state index is 0.0350. The molecule has 1 aliphatic carbocycles. The van der Waals surface area contributed by atoms with E-state index in [4.69, 9.17) is 14.7 Å². The molecule has 0 bridgehead atoms. The number of aryl methyl sites for hydroxylation is 2. The summed E-state index contributed by atoms with van der Waals surface area (Å²) in [6, 6.07) is 0.713. The monoisotopic (exact) mass is 277 g/mol. The Morgan fingerprint density at radius 3 is 2.35 bits per heavy atom. The molecule has 1 aromatic heterocycles. The highest BCUT2D eigenvalue weighted by Gasteiger charge is 2.22. The third kappa shape index (κ3) is 4.00. The van der Waals surface area contributed by atoms with Crippen molar-refractivity contribution in [2.24, 2.45) is 0 Å². The molecule has 1 atom stereocenters. The second kappa shape index (κ2) is 7.14. The highest BCUT2D eigenvalue weighted by atomic mass is 16.5. The van der Waals surface area contributed by atoms with Gasteiger partial charge in [0.15, 0.2) is 5.82 Å². The predicted molar refractivity (Wildman–Crippen MR) is 80.6 cm³/mol. The Morgan fingerprint density at radius 1 is 1.20 bits per heavy atom. The molecule has 1 N–H and O–H groups in total. The quantitative estimate of drug-likeness (QED) is 0.792. The van der Waals surface area contributed by atoms with Crippen molar-refractivity contribution in [1.82, 2.24) is 15.3 Å². The van der Waals surface area contributed by atoms with Gasteiger partial charge in [-0.25, -0.2) is 9.97 Å². The van der Waals surface area contributed by atoms with Gasteiger partial charge >= 0.3 is 0 Å². The van der Waals surface area contributed by atoms with Crippen LogP contribution in [0.15, 0.2) is 0 Å². The van der Waals surface area contributed by atoms with Crippen molar-refractivity contribution < 1.29 is 4.74 Å². The van der Waals surface area contributed by atoms with E-state index in [2.05, 4.69) is 26.1 Å². The Balaban J connectivity index is 2.13. The lowest BCUT2D eigenvalue weighted by atomic mass is 10.1. The molecule has 0 spiro atoms. The number of rotatable bonds is 8. The van der Waals surface area contributed by atoms with Crippen LogP contribution in [0.4, 0.5) is 0 Å². The van der Waals surface area contributed by atoms with Gasteiger partial charge in [0, 0.05) is 36.1 Å². The number of aromatic nitrogens is 2. The van der Waals surface area contributed by atoms with Gasteiger partial charge in [-0.1, -0.05) is 13.3 Å². The van der Waals surface area contributed by atoms with Crippen LogP contribution < -0.4 is 5.32 Å². The summed E-state index contributed by atoms with van der Waals surface area (Å²) in [7, 11) is 0. The molecule has 0 saturated heterocycles. The van der Waals surface area contributed by atoms with Crippen LogP contribution in [0.1, 0.15) is 68.4 Å². The number of hydrogen-bond acceptors (Lipinski definition) is 4. The molecule has 0 aliphatic heterocycles. The highest BCUT2D eigenvalue weighted by Crippen LogP contribution is 2.23. The van der Waals surface area contributed by atoms with Gasteiger partial charge in [0.25, 0.3) is 0 Å². The average Bonchev–Trinajstić information content (AvgIpc) is 3.21. The van der Waals surface area contributed by atoms with E-state index in [0.29, 0.717) is 12.6 Å². The van der Waals surface area contributed by atoms with E-state index in [1.807, 2.05) is 6.92 Å². The Hall–Kier alpha value is -1.00. The van der Waals surface area contributed by atoms with E-state index >= 15 is 0 Å². The maximum Gasteiger partial charge on any atom is 0.157 e. The van der Waals surface area contributed by atoms with Crippen LogP contribution in [0.2, 0.25) is 0 Å². The van der Waals surface area contributed by atoms with E-state index in [1.54, 1.807) is 0 Å². The van der Waals surface area contributed by atoms with Crippen LogP contribution >= 0.6 is 0 Å². The van der Waals surface area contributed by atoms with Gasteiger partial charge in [0.1, 0.15) is 6.10 Å². The van der Waals surface area contributed by atoms with Crippen molar-refractivity contribution in [2.75, 3.05) is 6.61 Å². The summed E-state index contributed by atoms with van der Waals surface area (Å²) in [6.07, 6.45) is 4.71. The minimum Gasteiger partial charge on any atom is -0.371 e. The SMILES string of the molecule is CCCC(OCC)c1nc(C)c(CNC2CC2)c(C)n1. The van der Waals surface area contributed by atoms with Crippen LogP contribution in [0.25, 0.3) is 0 Å². The Morgan fingerprint density at radius 2 is 1.85 bits per heavy atom. The molecule has 20 heavy (non-hydrogen) atoms.